The van der Waals surface area contributed by atoms with Gasteiger partial charge >= 0.3 is 0 Å². The van der Waals surface area contributed by atoms with E-state index in [4.69, 9.17) is 21.1 Å². The van der Waals surface area contributed by atoms with Crippen molar-refractivity contribution in [2.75, 3.05) is 32.8 Å². The maximum absolute atomic E-state index is 6.18. The van der Waals surface area contributed by atoms with Crippen LogP contribution in [0, 0.1) is 0 Å². The Morgan fingerprint density at radius 1 is 1.04 bits per heavy atom. The summed E-state index contributed by atoms with van der Waals surface area (Å²) in [7, 11) is 0. The smallest absolute Gasteiger partial charge is 0.129 e. The zero-order valence-corrected chi connectivity index (χ0v) is 16.0. The molecule has 0 spiro atoms. The molecule has 0 N–H and O–H groups in total. The summed E-state index contributed by atoms with van der Waals surface area (Å²) in [6.07, 6.45) is 2.71. The number of pyridine rings is 1. The monoisotopic (exact) mass is 382 g/mol. The molecule has 1 aliphatic heterocycles. The Labute approximate surface area is 164 Å². The summed E-state index contributed by atoms with van der Waals surface area (Å²) >= 11 is 5.87. The number of ether oxygens (including phenoxy) is 2. The quantitative estimate of drug-likeness (QED) is 0.594. The van der Waals surface area contributed by atoms with Crippen molar-refractivity contribution in [1.29, 1.82) is 0 Å². The molecule has 0 amide bonds. The maximum Gasteiger partial charge on any atom is 0.129 e. The van der Waals surface area contributed by atoms with Crippen molar-refractivity contribution in [2.24, 2.45) is 0 Å². The minimum Gasteiger partial charge on any atom is -0.489 e. The van der Waals surface area contributed by atoms with Crippen LogP contribution in [0.3, 0.4) is 0 Å². The van der Waals surface area contributed by atoms with Crippen molar-refractivity contribution in [3.8, 4) is 5.75 Å². The highest BCUT2D eigenvalue weighted by Gasteiger charge is 2.14. The second-order valence-electron chi connectivity index (χ2n) is 6.75. The molecule has 4 rings (SSSR count). The lowest BCUT2D eigenvalue weighted by Crippen LogP contribution is -2.37. The molecule has 0 aliphatic carbocycles. The van der Waals surface area contributed by atoms with Crippen molar-refractivity contribution >= 4 is 22.4 Å². The molecule has 0 unspecified atom stereocenters. The van der Waals surface area contributed by atoms with Crippen LogP contribution in [0.1, 0.15) is 11.1 Å². The zero-order chi connectivity index (χ0) is 18.5. The molecule has 5 heteroatoms. The Kier molecular flexibility index (Phi) is 5.87. The molecule has 0 saturated carbocycles. The van der Waals surface area contributed by atoms with E-state index in [2.05, 4.69) is 46.3 Å². The van der Waals surface area contributed by atoms with E-state index < -0.39 is 0 Å². The third-order valence-corrected chi connectivity index (χ3v) is 5.19. The first kappa shape index (κ1) is 18.2. The minimum absolute atomic E-state index is 0.479. The molecular formula is C22H23ClN2O2. The van der Waals surface area contributed by atoms with Gasteiger partial charge in [-0.25, -0.2) is 4.98 Å². The summed E-state index contributed by atoms with van der Waals surface area (Å²) < 4.78 is 11.6. The molecule has 3 aromatic rings. The van der Waals surface area contributed by atoms with Gasteiger partial charge < -0.3 is 9.47 Å². The van der Waals surface area contributed by atoms with Crippen LogP contribution in [0.25, 0.3) is 10.8 Å². The zero-order valence-electron chi connectivity index (χ0n) is 15.2. The average Bonchev–Trinajstić information content (AvgIpc) is 2.73. The van der Waals surface area contributed by atoms with Crippen molar-refractivity contribution in [1.82, 2.24) is 9.88 Å². The summed E-state index contributed by atoms with van der Waals surface area (Å²) in [4.78, 5) is 6.58. The van der Waals surface area contributed by atoms with Gasteiger partial charge in [0.15, 0.2) is 0 Å². The number of rotatable bonds is 6. The van der Waals surface area contributed by atoms with E-state index >= 15 is 0 Å². The van der Waals surface area contributed by atoms with E-state index in [0.29, 0.717) is 11.8 Å². The highest BCUT2D eigenvalue weighted by molar-refractivity contribution is 6.29. The molecule has 0 bridgehead atoms. The number of halogens is 1. The average molecular weight is 383 g/mol. The molecule has 1 aliphatic rings. The summed E-state index contributed by atoms with van der Waals surface area (Å²) in [5, 5.41) is 3.00. The fourth-order valence-electron chi connectivity index (χ4n) is 3.46. The van der Waals surface area contributed by atoms with E-state index in [1.54, 1.807) is 12.3 Å². The number of morpholine rings is 1. The first-order chi connectivity index (χ1) is 13.3. The van der Waals surface area contributed by atoms with Gasteiger partial charge in [-0.15, -0.1) is 0 Å². The lowest BCUT2D eigenvalue weighted by molar-refractivity contribution is 0.0384. The van der Waals surface area contributed by atoms with Gasteiger partial charge in [-0.1, -0.05) is 48.0 Å². The van der Waals surface area contributed by atoms with Crippen LogP contribution < -0.4 is 4.74 Å². The van der Waals surface area contributed by atoms with Crippen LogP contribution in [0.15, 0.2) is 54.7 Å². The number of aromatic nitrogens is 1. The molecule has 2 aromatic carbocycles. The molecule has 0 atom stereocenters. The van der Waals surface area contributed by atoms with Gasteiger partial charge in [-0.05, 0) is 29.3 Å². The van der Waals surface area contributed by atoms with Gasteiger partial charge in [0.25, 0.3) is 0 Å². The van der Waals surface area contributed by atoms with Gasteiger partial charge in [-0.3, -0.25) is 4.90 Å². The van der Waals surface area contributed by atoms with Crippen LogP contribution >= 0.6 is 11.6 Å². The second-order valence-corrected chi connectivity index (χ2v) is 7.13. The van der Waals surface area contributed by atoms with E-state index in [-0.39, 0.29) is 0 Å². The first-order valence-electron chi connectivity index (χ1n) is 9.33. The van der Waals surface area contributed by atoms with Gasteiger partial charge in [0.05, 0.1) is 13.2 Å². The van der Waals surface area contributed by atoms with E-state index in [1.807, 2.05) is 6.07 Å². The fraction of sp³-hybridized carbons (Fsp3) is 0.318. The van der Waals surface area contributed by atoms with Crippen LogP contribution in [0.4, 0.5) is 0 Å². The van der Waals surface area contributed by atoms with Gasteiger partial charge in [-0.2, -0.15) is 0 Å². The maximum atomic E-state index is 6.18. The highest BCUT2D eigenvalue weighted by Crippen LogP contribution is 2.29. The summed E-state index contributed by atoms with van der Waals surface area (Å²) in [6.45, 7) is 5.13. The number of benzene rings is 2. The standard InChI is InChI=1S/C22H23ClN2O2/c23-22-8-5-17(15-24-22)16-27-21-7-6-18-3-1-2-4-19(18)20(21)9-10-25-11-13-26-14-12-25/h1-8,15H,9-14,16H2. The second kappa shape index (κ2) is 8.70. The Hall–Kier alpha value is -2.14. The van der Waals surface area contributed by atoms with Gasteiger partial charge in [0.2, 0.25) is 0 Å². The molecule has 2 heterocycles. The molecular weight excluding hydrogens is 360 g/mol. The van der Waals surface area contributed by atoms with Crippen molar-refractivity contribution in [3.05, 3.63) is 71.0 Å². The minimum atomic E-state index is 0.479. The van der Waals surface area contributed by atoms with Gasteiger partial charge in [0, 0.05) is 37.0 Å². The SMILES string of the molecule is Clc1ccc(COc2ccc3ccccc3c2CCN2CCOCC2)cn1. The number of hydrogen-bond acceptors (Lipinski definition) is 4. The molecule has 27 heavy (non-hydrogen) atoms. The highest BCUT2D eigenvalue weighted by atomic mass is 35.5. The molecule has 0 radical (unpaired) electrons. The van der Waals surface area contributed by atoms with Crippen LogP contribution in [-0.4, -0.2) is 42.7 Å². The number of nitrogens with zero attached hydrogens (tertiary/aromatic N) is 2. The molecule has 1 fully saturated rings. The molecule has 1 saturated heterocycles. The van der Waals surface area contributed by atoms with Gasteiger partial charge in [0.1, 0.15) is 17.5 Å². The number of hydrogen-bond donors (Lipinski definition) is 0. The third kappa shape index (κ3) is 4.59. The first-order valence-corrected chi connectivity index (χ1v) is 9.71. The van der Waals surface area contributed by atoms with Crippen molar-refractivity contribution in [2.45, 2.75) is 13.0 Å². The molecule has 1 aromatic heterocycles. The van der Waals surface area contributed by atoms with E-state index in [1.165, 1.54) is 16.3 Å². The predicted molar refractivity (Wildman–Crippen MR) is 108 cm³/mol. The fourth-order valence-corrected chi connectivity index (χ4v) is 3.57. The Bertz CT molecular complexity index is 892. The third-order valence-electron chi connectivity index (χ3n) is 4.96. The summed E-state index contributed by atoms with van der Waals surface area (Å²) in [5.74, 6) is 0.942. The predicted octanol–water partition coefficient (Wildman–Crippen LogP) is 4.34. The molecule has 140 valence electrons. The van der Waals surface area contributed by atoms with E-state index in [0.717, 1.165) is 50.6 Å². The molecule has 4 nitrogen and oxygen atoms in total. The Morgan fingerprint density at radius 3 is 2.70 bits per heavy atom. The largest absolute Gasteiger partial charge is 0.489 e. The lowest BCUT2D eigenvalue weighted by Gasteiger charge is -2.27. The lowest BCUT2D eigenvalue weighted by atomic mass is 10.0. The van der Waals surface area contributed by atoms with Crippen LogP contribution in [0.5, 0.6) is 5.75 Å². The summed E-state index contributed by atoms with van der Waals surface area (Å²) in [5.41, 5.74) is 2.27. The topological polar surface area (TPSA) is 34.6 Å². The van der Waals surface area contributed by atoms with Crippen LogP contribution in [-0.2, 0) is 17.8 Å². The van der Waals surface area contributed by atoms with E-state index in [9.17, 15) is 0 Å². The van der Waals surface area contributed by atoms with Crippen molar-refractivity contribution in [3.63, 3.8) is 0 Å². The normalized spacial score (nSPS) is 15.1. The van der Waals surface area contributed by atoms with Crippen LogP contribution in [0.2, 0.25) is 5.15 Å². The Morgan fingerprint density at radius 2 is 1.89 bits per heavy atom. The van der Waals surface area contributed by atoms with Crippen molar-refractivity contribution < 1.29 is 9.47 Å². The summed E-state index contributed by atoms with van der Waals surface area (Å²) in [6, 6.07) is 16.5. The Balaban J connectivity index is 1.55. The number of fused-ring (bicyclic) bond motifs is 1.